The third-order valence-electron chi connectivity index (χ3n) is 19.1. The molecule has 0 radical (unpaired) electrons. The molecule has 18 unspecified atom stereocenters. The van der Waals surface area contributed by atoms with Crippen molar-refractivity contribution in [3.63, 3.8) is 0 Å². The van der Waals surface area contributed by atoms with E-state index >= 15 is 0 Å². The first-order valence-corrected chi connectivity index (χ1v) is 36.9. The summed E-state index contributed by atoms with van der Waals surface area (Å²) < 4.78 is 34.8. The minimum Gasteiger partial charge on any atom is -0.477 e. The zero-order valence-electron chi connectivity index (χ0n) is 57.4. The number of ether oxygens (including phenoxy) is 6. The number of aliphatic carboxylic acids is 1. The number of rotatable bonds is 57. The Morgan fingerprint density at radius 3 is 1.34 bits per heavy atom. The van der Waals surface area contributed by atoms with Gasteiger partial charge in [0.05, 0.1) is 50.7 Å². The van der Waals surface area contributed by atoms with Gasteiger partial charge in [-0.1, -0.05) is 258 Å². The summed E-state index contributed by atoms with van der Waals surface area (Å²) in [5, 5.41) is 136. The van der Waals surface area contributed by atoms with Gasteiger partial charge in [-0.05, 0) is 12.8 Å². The zero-order chi connectivity index (χ0) is 68.2. The Balaban J connectivity index is 1.45. The summed E-state index contributed by atoms with van der Waals surface area (Å²) in [6.07, 6.45) is 20.2. The lowest BCUT2D eigenvalue weighted by Gasteiger charge is -2.50. The third kappa shape index (κ3) is 33.0. The van der Waals surface area contributed by atoms with Gasteiger partial charge < -0.3 is 100 Å². The second-order valence-electron chi connectivity index (χ2n) is 27.2. The third-order valence-corrected chi connectivity index (χ3v) is 19.1. The summed E-state index contributed by atoms with van der Waals surface area (Å²) in [4.78, 5) is 38.5. The van der Waals surface area contributed by atoms with Crippen LogP contribution in [0.25, 0.3) is 0 Å². The fourth-order valence-electron chi connectivity index (χ4n) is 13.2. The number of aliphatic hydroxyl groups is 11. The molecule has 2 amide bonds. The van der Waals surface area contributed by atoms with Crippen LogP contribution in [0.2, 0.25) is 0 Å². The van der Waals surface area contributed by atoms with Gasteiger partial charge in [-0.2, -0.15) is 0 Å². The maximum atomic E-state index is 13.4. The molecule has 0 aromatic rings. The Morgan fingerprint density at radius 2 is 0.935 bits per heavy atom. The van der Waals surface area contributed by atoms with E-state index < -0.39 is 148 Å². The normalized spacial score (nSPS) is 28.0. The smallest absolute Gasteiger partial charge is 0.364 e. The Hall–Kier alpha value is -2.27. The first-order chi connectivity index (χ1) is 44.9. The van der Waals surface area contributed by atoms with Crippen LogP contribution >= 0.6 is 0 Å². The molecule has 3 aliphatic rings. The fraction of sp³-hybridized carbons (Fsp3) is 0.957. The molecule has 93 heavy (non-hydrogen) atoms. The predicted octanol–water partition coefficient (Wildman–Crippen LogP) is 7.68. The summed E-state index contributed by atoms with van der Waals surface area (Å²) in [5.74, 6) is -6.09. The standard InChI is InChI=1S/C70H132N2O21/c1-4-6-8-10-12-14-15-16-17-18-19-20-21-22-23-24-25-26-27-28-29-30-31-32-33-34-36-38-40-42-44-57(80)72-51(52(77)43-41-39-37-35-13-11-9-7-5-2)49-88-67-62(84)61(83)64(56(48-75)90-67)91-68-63(85)66(60(82)55(47-74)89-68)93-70(69(86)87)45-53(78)58(71-50(3)76)65(92-70)59(81)54(79)46-73/h51-56,58-68,73-75,77-79,81-85H,4-49H2,1-3H3,(H,71,76)(H,72,80)(H,86,87). The van der Waals surface area contributed by atoms with E-state index in [1.807, 2.05) is 0 Å². The van der Waals surface area contributed by atoms with E-state index in [2.05, 4.69) is 24.5 Å². The van der Waals surface area contributed by atoms with Crippen molar-refractivity contribution in [3.8, 4) is 0 Å². The van der Waals surface area contributed by atoms with Crippen LogP contribution in [0.1, 0.15) is 290 Å². The molecule has 0 spiro atoms. The lowest BCUT2D eigenvalue weighted by atomic mass is 9.88. The van der Waals surface area contributed by atoms with Gasteiger partial charge in [0.25, 0.3) is 5.79 Å². The van der Waals surface area contributed by atoms with Gasteiger partial charge in [-0.3, -0.25) is 9.59 Å². The van der Waals surface area contributed by atoms with E-state index in [-0.39, 0.29) is 18.9 Å². The lowest BCUT2D eigenvalue weighted by molar-refractivity contribution is -0.386. The van der Waals surface area contributed by atoms with Crippen LogP contribution in [0, 0.1) is 0 Å². The van der Waals surface area contributed by atoms with Crippen LogP contribution < -0.4 is 10.6 Å². The van der Waals surface area contributed by atoms with E-state index in [0.29, 0.717) is 19.3 Å². The highest BCUT2D eigenvalue weighted by Gasteiger charge is 2.60. The average Bonchev–Trinajstić information content (AvgIpc) is 0.769. The molecule has 23 heteroatoms. The van der Waals surface area contributed by atoms with Crippen molar-refractivity contribution in [2.45, 2.75) is 400 Å². The molecular formula is C70H132N2O21. The summed E-state index contributed by atoms with van der Waals surface area (Å²) in [7, 11) is 0. The van der Waals surface area contributed by atoms with Gasteiger partial charge >= 0.3 is 5.97 Å². The number of carbonyl (C=O) groups excluding carboxylic acids is 2. The molecular weight excluding hydrogens is 1200 g/mol. The lowest BCUT2D eigenvalue weighted by Crippen LogP contribution is -2.70. The molecule has 548 valence electrons. The number of hydrogen-bond acceptors (Lipinski definition) is 20. The van der Waals surface area contributed by atoms with Gasteiger partial charge in [0.1, 0.15) is 67.1 Å². The number of carbonyl (C=O) groups is 3. The molecule has 0 saturated carbocycles. The van der Waals surface area contributed by atoms with Crippen LogP contribution in [0.5, 0.6) is 0 Å². The van der Waals surface area contributed by atoms with Gasteiger partial charge in [0.2, 0.25) is 11.8 Å². The van der Waals surface area contributed by atoms with Crippen molar-refractivity contribution < 1.29 is 104 Å². The summed E-state index contributed by atoms with van der Waals surface area (Å²) >= 11 is 0. The molecule has 0 aromatic carbocycles. The SMILES string of the molecule is CCCCCCCCCCCCCCCCCCCCCCCCCCCCCCCCC(=O)NC(COC1OC(CO)C(OC2OC(CO)C(O)C(OC3(C(=O)O)CC(O)C(NC(C)=O)C(C(O)C(O)CO)O3)C2O)C(O)C1O)C(O)CCCCCCCCCCC. The largest absolute Gasteiger partial charge is 0.477 e. The second-order valence-corrected chi connectivity index (χ2v) is 27.2. The summed E-state index contributed by atoms with van der Waals surface area (Å²) in [5.41, 5.74) is 0. The number of aliphatic hydroxyl groups excluding tert-OH is 11. The molecule has 3 rings (SSSR count). The molecule has 3 fully saturated rings. The maximum Gasteiger partial charge on any atom is 0.364 e. The number of hydrogen-bond donors (Lipinski definition) is 14. The van der Waals surface area contributed by atoms with Gasteiger partial charge in [-0.15, -0.1) is 0 Å². The Kier molecular flexibility index (Phi) is 46.6. The number of carboxylic acids is 1. The molecule has 23 nitrogen and oxygen atoms in total. The quantitative estimate of drug-likeness (QED) is 0.0260. The minimum absolute atomic E-state index is 0.229. The zero-order valence-corrected chi connectivity index (χ0v) is 57.4. The van der Waals surface area contributed by atoms with Crippen LogP contribution in [0.3, 0.4) is 0 Å². The first-order valence-electron chi connectivity index (χ1n) is 36.9. The van der Waals surface area contributed by atoms with E-state index in [9.17, 15) is 75.7 Å². The highest BCUT2D eigenvalue weighted by Crippen LogP contribution is 2.39. The van der Waals surface area contributed by atoms with Crippen molar-refractivity contribution >= 4 is 17.8 Å². The molecule has 0 aliphatic carbocycles. The van der Waals surface area contributed by atoms with Crippen LogP contribution in [-0.4, -0.2) is 215 Å². The highest BCUT2D eigenvalue weighted by atomic mass is 16.8. The summed E-state index contributed by atoms with van der Waals surface area (Å²) in [6.45, 7) is 2.19. The molecule has 0 aromatic heterocycles. The number of nitrogens with one attached hydrogen (secondary N) is 2. The fourth-order valence-corrected chi connectivity index (χ4v) is 13.2. The first kappa shape index (κ1) is 85.0. The van der Waals surface area contributed by atoms with Crippen LogP contribution in [0.15, 0.2) is 0 Å². The molecule has 18 atom stereocenters. The van der Waals surface area contributed by atoms with E-state index in [1.54, 1.807) is 0 Å². The van der Waals surface area contributed by atoms with Gasteiger partial charge in [0.15, 0.2) is 12.6 Å². The predicted molar refractivity (Wildman–Crippen MR) is 352 cm³/mol. The maximum absolute atomic E-state index is 13.4. The molecule has 3 heterocycles. The molecule has 3 aliphatic heterocycles. The topological polar surface area (TPSA) is 373 Å². The summed E-state index contributed by atoms with van der Waals surface area (Å²) in [6, 6.07) is -2.52. The monoisotopic (exact) mass is 1340 g/mol. The van der Waals surface area contributed by atoms with Crippen molar-refractivity contribution in [1.82, 2.24) is 10.6 Å². The van der Waals surface area contributed by atoms with Crippen molar-refractivity contribution in [1.29, 1.82) is 0 Å². The second kappa shape index (κ2) is 51.0. The van der Waals surface area contributed by atoms with Gasteiger partial charge in [-0.25, -0.2) is 4.79 Å². The average molecular weight is 1340 g/mol. The Bertz CT molecular complexity index is 1880. The molecule has 0 bridgehead atoms. The molecule has 14 N–H and O–H groups in total. The van der Waals surface area contributed by atoms with Gasteiger partial charge in [0, 0.05) is 19.8 Å². The number of unbranched alkanes of at least 4 members (excludes halogenated alkanes) is 37. The van der Waals surface area contributed by atoms with E-state index in [4.69, 9.17) is 28.4 Å². The molecule has 3 saturated heterocycles. The number of carboxylic acid groups (broad SMARTS) is 1. The van der Waals surface area contributed by atoms with Crippen molar-refractivity contribution in [3.05, 3.63) is 0 Å². The highest BCUT2D eigenvalue weighted by molar-refractivity contribution is 5.77. The van der Waals surface area contributed by atoms with Crippen molar-refractivity contribution in [2.24, 2.45) is 0 Å². The van der Waals surface area contributed by atoms with E-state index in [0.717, 1.165) is 51.9 Å². The van der Waals surface area contributed by atoms with Crippen LogP contribution in [-0.2, 0) is 42.8 Å². The Labute approximate surface area is 557 Å². The minimum atomic E-state index is -3.08. The van der Waals surface area contributed by atoms with E-state index in [1.165, 1.54) is 193 Å². The Morgan fingerprint density at radius 1 is 0.516 bits per heavy atom. The van der Waals surface area contributed by atoms with Crippen molar-refractivity contribution in [2.75, 3.05) is 26.4 Å². The van der Waals surface area contributed by atoms with Crippen LogP contribution in [0.4, 0.5) is 0 Å². The number of amides is 2.